The molecule has 0 saturated carbocycles. The second-order valence-electron chi connectivity index (χ2n) is 10.2. The van der Waals surface area contributed by atoms with Crippen LogP contribution in [-0.2, 0) is 24.1 Å². The molecule has 1 heterocycles. The van der Waals surface area contributed by atoms with Crippen LogP contribution in [0.15, 0.2) is 72.8 Å². The van der Waals surface area contributed by atoms with E-state index in [1.54, 1.807) is 24.3 Å². The van der Waals surface area contributed by atoms with Crippen molar-refractivity contribution in [1.29, 1.82) is 0 Å². The molecule has 3 aromatic carbocycles. The monoisotopic (exact) mass is 521 g/mol. The molecule has 5 nitrogen and oxygen atoms in total. The number of hydrogen-bond donors (Lipinski definition) is 2. The van der Waals surface area contributed by atoms with Crippen LogP contribution in [0, 0.1) is 5.41 Å². The number of rotatable bonds is 6. The largest absolute Gasteiger partial charge is 0.416 e. The molecule has 0 fully saturated rings. The van der Waals surface area contributed by atoms with Crippen molar-refractivity contribution in [1.82, 2.24) is 9.88 Å². The van der Waals surface area contributed by atoms with E-state index >= 15 is 0 Å². The molecule has 0 radical (unpaired) electrons. The van der Waals surface area contributed by atoms with Gasteiger partial charge in [-0.15, -0.1) is 0 Å². The summed E-state index contributed by atoms with van der Waals surface area (Å²) in [5, 5.41) is 6.66. The molecule has 1 aromatic heterocycles. The minimum absolute atomic E-state index is 0.0738. The van der Waals surface area contributed by atoms with Crippen LogP contribution in [0.5, 0.6) is 0 Å². The fraction of sp³-hybridized carbons (Fsp3) is 0.267. The fourth-order valence-corrected chi connectivity index (χ4v) is 4.23. The molecule has 0 bridgehead atoms. The third-order valence-corrected chi connectivity index (χ3v) is 6.31. The van der Waals surface area contributed by atoms with Gasteiger partial charge < -0.3 is 15.2 Å². The van der Waals surface area contributed by atoms with Gasteiger partial charge >= 0.3 is 6.18 Å². The summed E-state index contributed by atoms with van der Waals surface area (Å²) in [5.41, 5.74) is 3.07. The SMILES string of the molecule is CCn1c(-c2ccc(C(F)(F)F)cc2)cc2cc(NC(=O)c3cccc(CNC(=O)C(C)(C)C)c3)ccc21. The number of halogens is 3. The molecule has 0 saturated heterocycles. The number of anilines is 1. The van der Waals surface area contributed by atoms with Crippen LogP contribution in [0.1, 0.15) is 49.2 Å². The predicted octanol–water partition coefficient (Wildman–Crippen LogP) is 7.26. The van der Waals surface area contributed by atoms with Gasteiger partial charge in [0.1, 0.15) is 0 Å². The summed E-state index contributed by atoms with van der Waals surface area (Å²) in [6.07, 6.45) is -4.39. The van der Waals surface area contributed by atoms with Crippen molar-refractivity contribution in [2.75, 3.05) is 5.32 Å². The number of aryl methyl sites for hydroxylation is 1. The van der Waals surface area contributed by atoms with E-state index in [1.807, 2.05) is 56.5 Å². The molecule has 0 spiro atoms. The summed E-state index contributed by atoms with van der Waals surface area (Å²) < 4.78 is 41.0. The molecule has 4 aromatic rings. The van der Waals surface area contributed by atoms with Gasteiger partial charge in [-0.3, -0.25) is 9.59 Å². The van der Waals surface area contributed by atoms with E-state index in [0.29, 0.717) is 29.9 Å². The topological polar surface area (TPSA) is 63.1 Å². The first-order valence-corrected chi connectivity index (χ1v) is 12.4. The van der Waals surface area contributed by atoms with Gasteiger partial charge in [0, 0.05) is 46.4 Å². The number of hydrogen-bond acceptors (Lipinski definition) is 2. The maximum Gasteiger partial charge on any atom is 0.416 e. The Morgan fingerprint density at radius 1 is 0.895 bits per heavy atom. The summed E-state index contributed by atoms with van der Waals surface area (Å²) in [6, 6.07) is 19.6. The normalized spacial score (nSPS) is 12.0. The van der Waals surface area contributed by atoms with E-state index in [9.17, 15) is 22.8 Å². The smallest absolute Gasteiger partial charge is 0.352 e. The van der Waals surface area contributed by atoms with Crippen molar-refractivity contribution < 1.29 is 22.8 Å². The second kappa shape index (κ2) is 10.4. The number of fused-ring (bicyclic) bond motifs is 1. The quantitative estimate of drug-likeness (QED) is 0.280. The van der Waals surface area contributed by atoms with Gasteiger partial charge in [0.25, 0.3) is 5.91 Å². The minimum atomic E-state index is -4.39. The van der Waals surface area contributed by atoms with Crippen molar-refractivity contribution in [3.8, 4) is 11.3 Å². The Labute approximate surface area is 219 Å². The van der Waals surface area contributed by atoms with Gasteiger partial charge in [0.05, 0.1) is 5.56 Å². The molecular weight excluding hydrogens is 491 g/mol. The van der Waals surface area contributed by atoms with Crippen LogP contribution in [0.4, 0.5) is 18.9 Å². The lowest BCUT2D eigenvalue weighted by Gasteiger charge is -2.17. The lowest BCUT2D eigenvalue weighted by molar-refractivity contribution is -0.137. The zero-order valence-electron chi connectivity index (χ0n) is 21.7. The number of nitrogens with zero attached hydrogens (tertiary/aromatic N) is 1. The van der Waals surface area contributed by atoms with Crippen LogP contribution < -0.4 is 10.6 Å². The molecule has 0 aliphatic heterocycles. The van der Waals surface area contributed by atoms with Crippen LogP contribution >= 0.6 is 0 Å². The Balaban J connectivity index is 1.54. The van der Waals surface area contributed by atoms with E-state index < -0.39 is 17.2 Å². The van der Waals surface area contributed by atoms with E-state index in [2.05, 4.69) is 10.6 Å². The maximum atomic E-state index is 13.0. The van der Waals surface area contributed by atoms with Crippen molar-refractivity contribution in [2.24, 2.45) is 5.41 Å². The van der Waals surface area contributed by atoms with Crippen LogP contribution in [0.3, 0.4) is 0 Å². The standard InChI is InChI=1S/C30H30F3N3O2/c1-5-36-25-14-13-24(16-22(25)17-26(36)20-9-11-23(12-10-20)30(31,32)33)35-27(37)21-8-6-7-19(15-21)18-34-28(38)29(2,3)4/h6-17H,5,18H2,1-4H3,(H,34,38)(H,35,37). The average molecular weight is 522 g/mol. The maximum absolute atomic E-state index is 13.0. The van der Waals surface area contributed by atoms with Crippen molar-refractivity contribution in [2.45, 2.75) is 47.0 Å². The zero-order valence-corrected chi connectivity index (χ0v) is 21.7. The van der Waals surface area contributed by atoms with Crippen molar-refractivity contribution in [3.63, 3.8) is 0 Å². The Morgan fingerprint density at radius 3 is 2.24 bits per heavy atom. The highest BCUT2D eigenvalue weighted by molar-refractivity contribution is 6.05. The molecule has 2 N–H and O–H groups in total. The second-order valence-corrected chi connectivity index (χ2v) is 10.2. The van der Waals surface area contributed by atoms with Crippen molar-refractivity contribution >= 4 is 28.4 Å². The van der Waals surface area contributed by atoms with Crippen LogP contribution in [-0.4, -0.2) is 16.4 Å². The lowest BCUT2D eigenvalue weighted by Crippen LogP contribution is -2.34. The van der Waals surface area contributed by atoms with Crippen molar-refractivity contribution in [3.05, 3.63) is 89.5 Å². The molecule has 198 valence electrons. The fourth-order valence-electron chi connectivity index (χ4n) is 4.23. The number of carbonyl (C=O) groups excluding carboxylic acids is 2. The molecule has 0 aliphatic rings. The van der Waals surface area contributed by atoms with Gasteiger partial charge in [-0.2, -0.15) is 13.2 Å². The first-order valence-electron chi connectivity index (χ1n) is 12.4. The van der Waals surface area contributed by atoms with Gasteiger partial charge in [-0.05, 0) is 66.6 Å². The average Bonchev–Trinajstić information content (AvgIpc) is 3.24. The van der Waals surface area contributed by atoms with E-state index in [4.69, 9.17) is 0 Å². The summed E-state index contributed by atoms with van der Waals surface area (Å²) in [4.78, 5) is 25.1. The number of aromatic nitrogens is 1. The zero-order chi connectivity index (χ0) is 27.7. The van der Waals surface area contributed by atoms with E-state index in [-0.39, 0.29) is 11.8 Å². The van der Waals surface area contributed by atoms with Gasteiger partial charge in [0.15, 0.2) is 0 Å². The van der Waals surface area contributed by atoms with Crippen LogP contribution in [0.25, 0.3) is 22.2 Å². The number of amides is 2. The molecule has 8 heteroatoms. The molecule has 4 rings (SSSR count). The Bertz CT molecular complexity index is 1480. The highest BCUT2D eigenvalue weighted by Gasteiger charge is 2.30. The summed E-state index contributed by atoms with van der Waals surface area (Å²) >= 11 is 0. The summed E-state index contributed by atoms with van der Waals surface area (Å²) in [6.45, 7) is 8.43. The molecule has 2 amide bonds. The summed E-state index contributed by atoms with van der Waals surface area (Å²) in [5.74, 6) is -0.360. The first kappa shape index (κ1) is 27.0. The molecule has 38 heavy (non-hydrogen) atoms. The number of alkyl halides is 3. The lowest BCUT2D eigenvalue weighted by atomic mass is 9.95. The molecule has 0 unspecified atom stereocenters. The Morgan fingerprint density at radius 2 is 1.61 bits per heavy atom. The third kappa shape index (κ3) is 5.90. The molecular formula is C30H30F3N3O2. The Kier molecular flexibility index (Phi) is 7.35. The molecule has 0 atom stereocenters. The highest BCUT2D eigenvalue weighted by Crippen LogP contribution is 2.34. The van der Waals surface area contributed by atoms with Gasteiger partial charge in [-0.25, -0.2) is 0 Å². The first-order chi connectivity index (χ1) is 17.9. The van der Waals surface area contributed by atoms with Gasteiger partial charge in [0.2, 0.25) is 5.91 Å². The number of benzene rings is 3. The number of carbonyl (C=O) groups is 2. The van der Waals surface area contributed by atoms with E-state index in [0.717, 1.165) is 34.3 Å². The minimum Gasteiger partial charge on any atom is -0.352 e. The molecule has 0 aliphatic carbocycles. The van der Waals surface area contributed by atoms with Crippen LogP contribution in [0.2, 0.25) is 0 Å². The number of nitrogens with one attached hydrogen (secondary N) is 2. The Hall–Kier alpha value is -4.07. The predicted molar refractivity (Wildman–Crippen MR) is 144 cm³/mol. The summed E-state index contributed by atoms with van der Waals surface area (Å²) in [7, 11) is 0. The van der Waals surface area contributed by atoms with E-state index in [1.165, 1.54) is 12.1 Å². The third-order valence-electron chi connectivity index (χ3n) is 6.31. The highest BCUT2D eigenvalue weighted by atomic mass is 19.4. The van der Waals surface area contributed by atoms with Gasteiger partial charge in [-0.1, -0.05) is 45.0 Å².